The lowest BCUT2D eigenvalue weighted by molar-refractivity contribution is -0.127. The van der Waals surface area contributed by atoms with Crippen molar-refractivity contribution in [1.29, 1.82) is 0 Å². The van der Waals surface area contributed by atoms with E-state index in [9.17, 15) is 14.4 Å². The molecule has 10 heteroatoms. The van der Waals surface area contributed by atoms with Gasteiger partial charge >= 0.3 is 0 Å². The molecule has 1 aliphatic heterocycles. The molecule has 0 radical (unpaired) electrons. The number of nitrogens with one attached hydrogen (secondary N) is 1. The van der Waals surface area contributed by atoms with Crippen LogP contribution in [0.2, 0.25) is 0 Å². The Hall–Kier alpha value is -0.870. The van der Waals surface area contributed by atoms with E-state index in [1.807, 2.05) is 31.2 Å². The third-order valence-corrected chi connectivity index (χ3v) is 6.97. The Morgan fingerprint density at radius 1 is 1.13 bits per heavy atom. The van der Waals surface area contributed by atoms with E-state index in [1.54, 1.807) is 18.2 Å². The first kappa shape index (κ1) is 23.8. The van der Waals surface area contributed by atoms with E-state index in [-0.39, 0.29) is 11.4 Å². The summed E-state index contributed by atoms with van der Waals surface area (Å²) in [6.45, 7) is 2.03. The summed E-state index contributed by atoms with van der Waals surface area (Å²) in [5.74, 6) is -0.251. The molecule has 0 spiro atoms. The number of benzene rings is 2. The molecule has 1 saturated heterocycles. The minimum atomic E-state index is -0.487. The van der Waals surface area contributed by atoms with E-state index in [1.165, 1.54) is 0 Å². The molecule has 3 amide bonds. The van der Waals surface area contributed by atoms with Gasteiger partial charge in [-0.1, -0.05) is 0 Å². The zero-order valence-corrected chi connectivity index (χ0v) is 22.9. The molecule has 0 atom stereocenters. The highest BCUT2D eigenvalue weighted by Gasteiger charge is 2.36. The van der Waals surface area contributed by atoms with Crippen LogP contribution >= 0.6 is 79.5 Å². The fourth-order valence-electron chi connectivity index (χ4n) is 2.64. The molecule has 1 aliphatic rings. The summed E-state index contributed by atoms with van der Waals surface area (Å²) in [7, 11) is 0. The van der Waals surface area contributed by atoms with Gasteiger partial charge in [0.25, 0.3) is 11.1 Å². The van der Waals surface area contributed by atoms with Gasteiger partial charge in [-0.3, -0.25) is 19.3 Å². The highest BCUT2D eigenvalue weighted by molar-refractivity contribution is 14.1. The number of imide groups is 1. The van der Waals surface area contributed by atoms with E-state index in [0.717, 1.165) is 32.9 Å². The minimum Gasteiger partial charge on any atom is -0.492 e. The summed E-state index contributed by atoms with van der Waals surface area (Å²) in [6.07, 6.45) is 1.65. The standard InChI is InChI=1S/C20H15I3N2O4S/c1-2-29-18-11(7-13(22)9-15(18)23)8-16-19(27)25(20(28)30-16)10-17(26)24-14-5-3-12(21)4-6-14/h3-9H,2,10H2,1H3,(H,24,26)/b16-8+. The number of hydrogen-bond donors (Lipinski definition) is 1. The molecule has 0 aromatic heterocycles. The number of rotatable bonds is 6. The van der Waals surface area contributed by atoms with Crippen molar-refractivity contribution in [3.63, 3.8) is 0 Å². The van der Waals surface area contributed by atoms with Crippen LogP contribution in [-0.2, 0) is 9.59 Å². The summed E-state index contributed by atoms with van der Waals surface area (Å²) < 4.78 is 8.67. The Kier molecular flexibility index (Phi) is 8.43. The van der Waals surface area contributed by atoms with Crippen molar-refractivity contribution in [2.75, 3.05) is 18.5 Å². The second kappa shape index (κ2) is 10.6. The average molecular weight is 760 g/mol. The molecule has 2 aromatic carbocycles. The summed E-state index contributed by atoms with van der Waals surface area (Å²) in [4.78, 5) is 38.7. The first-order chi connectivity index (χ1) is 14.3. The van der Waals surface area contributed by atoms with Crippen LogP contribution < -0.4 is 10.1 Å². The number of hydrogen-bond acceptors (Lipinski definition) is 5. The van der Waals surface area contributed by atoms with Crippen molar-refractivity contribution in [2.45, 2.75) is 6.92 Å². The normalized spacial score (nSPS) is 15.1. The largest absolute Gasteiger partial charge is 0.492 e. The lowest BCUT2D eigenvalue weighted by atomic mass is 10.2. The SMILES string of the molecule is CCOc1c(I)cc(I)cc1/C=C1/SC(=O)N(CC(=O)Nc2ccc(I)cc2)C1=O. The maximum Gasteiger partial charge on any atom is 0.294 e. The smallest absolute Gasteiger partial charge is 0.294 e. The molecular weight excluding hydrogens is 745 g/mol. The van der Waals surface area contributed by atoms with Crippen LogP contribution in [-0.4, -0.2) is 35.1 Å². The van der Waals surface area contributed by atoms with Gasteiger partial charge in [-0.05, 0) is 129 Å². The van der Waals surface area contributed by atoms with E-state index < -0.39 is 17.1 Å². The van der Waals surface area contributed by atoms with Gasteiger partial charge in [0.15, 0.2) is 0 Å². The zero-order valence-electron chi connectivity index (χ0n) is 15.6. The summed E-state index contributed by atoms with van der Waals surface area (Å²) in [5.41, 5.74) is 1.33. The van der Waals surface area contributed by atoms with Gasteiger partial charge in [0.1, 0.15) is 12.3 Å². The Bertz CT molecular complexity index is 1040. The second-order valence-corrected chi connectivity index (χ2v) is 10.7. The molecule has 0 bridgehead atoms. The highest BCUT2D eigenvalue weighted by Crippen LogP contribution is 2.36. The van der Waals surface area contributed by atoms with Crippen molar-refractivity contribution in [1.82, 2.24) is 4.90 Å². The van der Waals surface area contributed by atoms with Crippen LogP contribution in [0.4, 0.5) is 10.5 Å². The number of amides is 3. The van der Waals surface area contributed by atoms with E-state index in [0.29, 0.717) is 18.0 Å². The molecule has 1 fully saturated rings. The first-order valence-corrected chi connectivity index (χ1v) is 12.8. The molecular formula is C20H15I3N2O4S. The number of ether oxygens (including phenoxy) is 1. The monoisotopic (exact) mass is 760 g/mol. The van der Waals surface area contributed by atoms with Crippen LogP contribution in [0.25, 0.3) is 6.08 Å². The fraction of sp³-hybridized carbons (Fsp3) is 0.150. The molecule has 0 aliphatic carbocycles. The second-order valence-electron chi connectivity index (χ2n) is 6.06. The zero-order chi connectivity index (χ0) is 21.8. The van der Waals surface area contributed by atoms with Gasteiger partial charge in [0.05, 0.1) is 15.1 Å². The number of nitrogens with zero attached hydrogens (tertiary/aromatic N) is 1. The van der Waals surface area contributed by atoms with Gasteiger partial charge in [0.2, 0.25) is 5.91 Å². The van der Waals surface area contributed by atoms with Crippen molar-refractivity contribution in [3.8, 4) is 5.75 Å². The summed E-state index contributed by atoms with van der Waals surface area (Å²) in [6, 6.07) is 11.1. The van der Waals surface area contributed by atoms with Gasteiger partial charge in [-0.2, -0.15) is 0 Å². The van der Waals surface area contributed by atoms with Crippen molar-refractivity contribution in [2.24, 2.45) is 0 Å². The number of carbonyl (C=O) groups excluding carboxylic acids is 3. The third-order valence-electron chi connectivity index (χ3n) is 3.92. The van der Waals surface area contributed by atoms with Gasteiger partial charge < -0.3 is 10.1 Å². The predicted molar refractivity (Wildman–Crippen MR) is 144 cm³/mol. The van der Waals surface area contributed by atoms with Crippen molar-refractivity contribution in [3.05, 3.63) is 57.6 Å². The van der Waals surface area contributed by atoms with Crippen LogP contribution in [0.1, 0.15) is 12.5 Å². The lowest BCUT2D eigenvalue weighted by Crippen LogP contribution is -2.36. The lowest BCUT2D eigenvalue weighted by Gasteiger charge is -2.13. The molecule has 1 N–H and O–H groups in total. The van der Waals surface area contributed by atoms with Crippen LogP contribution in [0, 0.1) is 10.7 Å². The molecule has 156 valence electrons. The van der Waals surface area contributed by atoms with Gasteiger partial charge in [-0.15, -0.1) is 0 Å². The molecule has 1 heterocycles. The van der Waals surface area contributed by atoms with E-state index >= 15 is 0 Å². The Balaban J connectivity index is 1.78. The van der Waals surface area contributed by atoms with Crippen molar-refractivity contribution < 1.29 is 19.1 Å². The predicted octanol–water partition coefficient (Wildman–Crippen LogP) is 5.57. The third kappa shape index (κ3) is 5.88. The summed E-state index contributed by atoms with van der Waals surface area (Å²) >= 11 is 7.37. The van der Waals surface area contributed by atoms with Gasteiger partial charge in [0, 0.05) is 18.4 Å². The average Bonchev–Trinajstić information content (AvgIpc) is 2.94. The molecule has 2 aromatic rings. The molecule has 0 saturated carbocycles. The van der Waals surface area contributed by atoms with Gasteiger partial charge in [-0.25, -0.2) is 0 Å². The maximum atomic E-state index is 12.8. The number of thioether (sulfide) groups is 1. The molecule has 30 heavy (non-hydrogen) atoms. The van der Waals surface area contributed by atoms with Crippen LogP contribution in [0.15, 0.2) is 41.3 Å². The number of carbonyl (C=O) groups is 3. The summed E-state index contributed by atoms with van der Waals surface area (Å²) in [5, 5.41) is 2.23. The Labute approximate surface area is 219 Å². The fourth-order valence-corrected chi connectivity index (χ4v) is 5.87. The molecule has 3 rings (SSSR count). The van der Waals surface area contributed by atoms with Crippen molar-refractivity contribution >= 4 is 108 Å². The number of anilines is 1. The molecule has 6 nitrogen and oxygen atoms in total. The minimum absolute atomic E-state index is 0.265. The molecule has 0 unspecified atom stereocenters. The number of halogens is 3. The van der Waals surface area contributed by atoms with E-state index in [2.05, 4.69) is 73.1 Å². The Morgan fingerprint density at radius 3 is 2.50 bits per heavy atom. The highest BCUT2D eigenvalue weighted by atomic mass is 127. The van der Waals surface area contributed by atoms with Crippen LogP contribution in [0.5, 0.6) is 5.75 Å². The topological polar surface area (TPSA) is 75.7 Å². The Morgan fingerprint density at radius 2 is 1.83 bits per heavy atom. The maximum absolute atomic E-state index is 12.8. The van der Waals surface area contributed by atoms with Crippen LogP contribution in [0.3, 0.4) is 0 Å². The van der Waals surface area contributed by atoms with E-state index in [4.69, 9.17) is 4.74 Å². The quantitative estimate of drug-likeness (QED) is 0.308. The first-order valence-electron chi connectivity index (χ1n) is 8.71.